The zero-order valence-electron chi connectivity index (χ0n) is 15.8. The summed E-state index contributed by atoms with van der Waals surface area (Å²) < 4.78 is 1.67. The minimum Gasteiger partial charge on any atom is -0.344 e. The summed E-state index contributed by atoms with van der Waals surface area (Å²) in [4.78, 5) is 36.3. The van der Waals surface area contributed by atoms with Crippen LogP contribution in [0.2, 0.25) is 0 Å². The second-order valence-corrected chi connectivity index (χ2v) is 7.24. The van der Waals surface area contributed by atoms with Gasteiger partial charge in [0.05, 0.1) is 17.8 Å². The number of nitrogens with zero attached hydrogens (tertiary/aromatic N) is 4. The van der Waals surface area contributed by atoms with E-state index < -0.39 is 0 Å². The van der Waals surface area contributed by atoms with Crippen LogP contribution in [0.5, 0.6) is 0 Å². The molecule has 4 rings (SSSR count). The predicted molar refractivity (Wildman–Crippen MR) is 105 cm³/mol. The highest BCUT2D eigenvalue weighted by Gasteiger charge is 2.27. The summed E-state index contributed by atoms with van der Waals surface area (Å²) in [6.07, 6.45) is 5.57. The fourth-order valence-electron chi connectivity index (χ4n) is 3.63. The summed E-state index contributed by atoms with van der Waals surface area (Å²) in [5.41, 5.74) is 1.74. The van der Waals surface area contributed by atoms with Gasteiger partial charge in [-0.25, -0.2) is 4.98 Å². The van der Waals surface area contributed by atoms with E-state index in [2.05, 4.69) is 22.2 Å². The van der Waals surface area contributed by atoms with Crippen molar-refractivity contribution in [2.75, 3.05) is 13.1 Å². The number of rotatable bonds is 4. The lowest BCUT2D eigenvalue weighted by atomic mass is 10.00. The minimum absolute atomic E-state index is 0.112. The molecule has 0 radical (unpaired) electrons. The highest BCUT2D eigenvalue weighted by Crippen LogP contribution is 2.20. The highest BCUT2D eigenvalue weighted by atomic mass is 16.2. The van der Waals surface area contributed by atoms with Gasteiger partial charge >= 0.3 is 0 Å². The van der Waals surface area contributed by atoms with E-state index in [1.807, 2.05) is 41.3 Å². The normalized spacial score (nSPS) is 16.9. The predicted octanol–water partition coefficient (Wildman–Crippen LogP) is 2.53. The van der Waals surface area contributed by atoms with Gasteiger partial charge in [-0.2, -0.15) is 0 Å². The SMILES string of the molecule is CC1CCCN(C(=O)c2nc(C(=O)NCc3ccccn3)n3ccccc23)C1. The number of hydrogen-bond donors (Lipinski definition) is 1. The molecular weight excluding hydrogens is 354 g/mol. The maximum absolute atomic E-state index is 13.1. The van der Waals surface area contributed by atoms with Crippen LogP contribution in [0.15, 0.2) is 48.8 Å². The van der Waals surface area contributed by atoms with Crippen LogP contribution < -0.4 is 5.32 Å². The van der Waals surface area contributed by atoms with Crippen LogP contribution in [0.3, 0.4) is 0 Å². The molecule has 1 aliphatic heterocycles. The summed E-state index contributed by atoms with van der Waals surface area (Å²) in [6.45, 7) is 3.91. The number of pyridine rings is 2. The van der Waals surface area contributed by atoms with Crippen LogP contribution in [0.4, 0.5) is 0 Å². The molecule has 0 aromatic carbocycles. The Hall–Kier alpha value is -3.22. The molecule has 3 aromatic heterocycles. The van der Waals surface area contributed by atoms with Crippen LogP contribution >= 0.6 is 0 Å². The van der Waals surface area contributed by atoms with Crippen molar-refractivity contribution < 1.29 is 9.59 Å². The number of imidazole rings is 1. The fourth-order valence-corrected chi connectivity index (χ4v) is 3.63. The molecule has 28 heavy (non-hydrogen) atoms. The molecule has 4 heterocycles. The lowest BCUT2D eigenvalue weighted by Gasteiger charge is -2.30. The van der Waals surface area contributed by atoms with E-state index in [1.54, 1.807) is 16.8 Å². The molecule has 7 nitrogen and oxygen atoms in total. The molecule has 1 aliphatic rings. The van der Waals surface area contributed by atoms with Gasteiger partial charge in [-0.1, -0.05) is 19.1 Å². The Morgan fingerprint density at radius 3 is 2.86 bits per heavy atom. The average molecular weight is 377 g/mol. The Morgan fingerprint density at radius 1 is 1.21 bits per heavy atom. The molecular formula is C21H23N5O2. The minimum atomic E-state index is -0.335. The Morgan fingerprint density at radius 2 is 2.07 bits per heavy atom. The highest BCUT2D eigenvalue weighted by molar-refractivity contribution is 6.02. The zero-order valence-corrected chi connectivity index (χ0v) is 15.8. The first-order valence-electron chi connectivity index (χ1n) is 9.58. The Labute approximate surface area is 163 Å². The summed E-state index contributed by atoms with van der Waals surface area (Å²) in [6, 6.07) is 11.0. The summed E-state index contributed by atoms with van der Waals surface area (Å²) in [5.74, 6) is 0.240. The van der Waals surface area contributed by atoms with Crippen LogP contribution in [0.1, 0.15) is 46.6 Å². The molecule has 2 amide bonds. The number of carbonyl (C=O) groups is 2. The van der Waals surface area contributed by atoms with Crippen molar-refractivity contribution in [1.82, 2.24) is 24.6 Å². The smallest absolute Gasteiger partial charge is 0.288 e. The van der Waals surface area contributed by atoms with E-state index in [9.17, 15) is 9.59 Å². The van der Waals surface area contributed by atoms with Crippen molar-refractivity contribution in [3.8, 4) is 0 Å². The van der Waals surface area contributed by atoms with E-state index in [4.69, 9.17) is 0 Å². The number of hydrogen-bond acceptors (Lipinski definition) is 4. The van der Waals surface area contributed by atoms with Gasteiger partial charge in [0.15, 0.2) is 5.69 Å². The van der Waals surface area contributed by atoms with Crippen molar-refractivity contribution in [1.29, 1.82) is 0 Å². The molecule has 1 atom stereocenters. The number of aromatic nitrogens is 3. The van der Waals surface area contributed by atoms with Gasteiger partial charge in [-0.15, -0.1) is 0 Å². The molecule has 7 heteroatoms. The van der Waals surface area contributed by atoms with Gasteiger partial charge in [0, 0.05) is 25.5 Å². The van der Waals surface area contributed by atoms with E-state index >= 15 is 0 Å². The maximum Gasteiger partial charge on any atom is 0.288 e. The van der Waals surface area contributed by atoms with Crippen molar-refractivity contribution in [3.63, 3.8) is 0 Å². The van der Waals surface area contributed by atoms with Gasteiger partial charge in [0.25, 0.3) is 11.8 Å². The van der Waals surface area contributed by atoms with Crippen molar-refractivity contribution in [2.45, 2.75) is 26.3 Å². The summed E-state index contributed by atoms with van der Waals surface area (Å²) >= 11 is 0. The lowest BCUT2D eigenvalue weighted by Crippen LogP contribution is -2.39. The first-order valence-corrected chi connectivity index (χ1v) is 9.58. The van der Waals surface area contributed by atoms with Gasteiger partial charge in [-0.05, 0) is 43.0 Å². The second kappa shape index (κ2) is 7.80. The third kappa shape index (κ3) is 3.60. The first kappa shape index (κ1) is 18.2. The first-order chi connectivity index (χ1) is 13.6. The number of carbonyl (C=O) groups excluding carboxylic acids is 2. The number of amides is 2. The molecule has 1 saturated heterocycles. The molecule has 1 unspecified atom stereocenters. The van der Waals surface area contributed by atoms with Crippen LogP contribution in [-0.4, -0.2) is 44.2 Å². The summed E-state index contributed by atoms with van der Waals surface area (Å²) in [7, 11) is 0. The van der Waals surface area contributed by atoms with E-state index in [0.717, 1.165) is 31.6 Å². The molecule has 3 aromatic rings. The van der Waals surface area contributed by atoms with Crippen LogP contribution in [0, 0.1) is 5.92 Å². The molecule has 0 saturated carbocycles. The number of nitrogens with one attached hydrogen (secondary N) is 1. The average Bonchev–Trinajstić information content (AvgIpc) is 3.12. The molecule has 0 bridgehead atoms. The molecule has 0 aliphatic carbocycles. The van der Waals surface area contributed by atoms with Crippen LogP contribution in [0.25, 0.3) is 5.52 Å². The Bertz CT molecular complexity index is 998. The molecule has 1 fully saturated rings. The number of piperidine rings is 1. The van der Waals surface area contributed by atoms with Crippen molar-refractivity contribution in [3.05, 3.63) is 66.0 Å². The van der Waals surface area contributed by atoms with Gasteiger partial charge < -0.3 is 10.2 Å². The fraction of sp³-hybridized carbons (Fsp3) is 0.333. The van der Waals surface area contributed by atoms with E-state index in [-0.39, 0.29) is 17.6 Å². The topological polar surface area (TPSA) is 79.6 Å². The zero-order chi connectivity index (χ0) is 19.5. The monoisotopic (exact) mass is 377 g/mol. The van der Waals surface area contributed by atoms with Crippen molar-refractivity contribution in [2.24, 2.45) is 5.92 Å². The second-order valence-electron chi connectivity index (χ2n) is 7.24. The van der Waals surface area contributed by atoms with Crippen LogP contribution in [-0.2, 0) is 6.54 Å². The lowest BCUT2D eigenvalue weighted by molar-refractivity contribution is 0.0679. The summed E-state index contributed by atoms with van der Waals surface area (Å²) in [5, 5.41) is 2.84. The largest absolute Gasteiger partial charge is 0.344 e. The van der Waals surface area contributed by atoms with Crippen molar-refractivity contribution >= 4 is 17.3 Å². The number of likely N-dealkylation sites (tertiary alicyclic amines) is 1. The quantitative estimate of drug-likeness (QED) is 0.758. The van der Waals surface area contributed by atoms with Gasteiger partial charge in [0.1, 0.15) is 0 Å². The maximum atomic E-state index is 13.1. The van der Waals surface area contributed by atoms with Gasteiger partial charge in [-0.3, -0.25) is 19.0 Å². The number of fused-ring (bicyclic) bond motifs is 1. The molecule has 1 N–H and O–H groups in total. The third-order valence-electron chi connectivity index (χ3n) is 5.05. The van der Waals surface area contributed by atoms with Gasteiger partial charge in [0.2, 0.25) is 5.82 Å². The molecule has 144 valence electrons. The van der Waals surface area contributed by atoms with E-state index in [0.29, 0.717) is 23.7 Å². The third-order valence-corrected chi connectivity index (χ3v) is 5.05. The standard InChI is InChI=1S/C21H23N5O2/c1-15-7-6-11-25(14-15)21(28)18-17-9-3-5-12-26(17)19(24-18)20(27)23-13-16-8-2-4-10-22-16/h2-5,8-10,12,15H,6-7,11,13-14H2,1H3,(H,23,27). The Kier molecular flexibility index (Phi) is 5.06. The molecule has 0 spiro atoms. The van der Waals surface area contributed by atoms with E-state index in [1.165, 1.54) is 0 Å². The Balaban J connectivity index is 1.61.